The Labute approximate surface area is 106 Å². The van der Waals surface area contributed by atoms with Gasteiger partial charge in [-0.1, -0.05) is 17.7 Å². The summed E-state index contributed by atoms with van der Waals surface area (Å²) < 4.78 is 11.1. The first-order valence-corrected chi connectivity index (χ1v) is 5.94. The molecule has 18 heavy (non-hydrogen) atoms. The predicted octanol–water partition coefficient (Wildman–Crippen LogP) is 1.75. The molecule has 1 aromatic carbocycles. The van der Waals surface area contributed by atoms with Gasteiger partial charge >= 0.3 is 6.09 Å². The molecule has 0 radical (unpaired) electrons. The highest BCUT2D eigenvalue weighted by atomic mass is 16.5. The van der Waals surface area contributed by atoms with E-state index in [1.807, 2.05) is 31.2 Å². The molecule has 0 saturated carbocycles. The number of morpholine rings is 1. The molecule has 0 bridgehead atoms. The number of hydrogen-bond donors (Lipinski definition) is 1. The number of ether oxygens (including phenoxy) is 2. The highest BCUT2D eigenvalue weighted by Gasteiger charge is 2.24. The predicted molar refractivity (Wildman–Crippen MR) is 66.0 cm³/mol. The second kappa shape index (κ2) is 5.73. The van der Waals surface area contributed by atoms with Gasteiger partial charge in [-0.3, -0.25) is 0 Å². The van der Waals surface area contributed by atoms with Crippen LogP contribution in [-0.2, 0) is 4.74 Å². The standard InChI is InChI=1S/C13H17NO4/c1-10-2-4-11(5-3-10)18-9-12-8-14(13(15)16)6-7-17-12/h2-5,12H,6-9H2,1H3,(H,15,16)/t12-/m1/s1. The van der Waals surface area contributed by atoms with E-state index in [2.05, 4.69) is 0 Å². The fourth-order valence-corrected chi connectivity index (χ4v) is 1.82. The largest absolute Gasteiger partial charge is 0.491 e. The number of amides is 1. The van der Waals surface area contributed by atoms with Crippen molar-refractivity contribution >= 4 is 6.09 Å². The third-order valence-electron chi connectivity index (χ3n) is 2.87. The molecule has 1 heterocycles. The summed E-state index contributed by atoms with van der Waals surface area (Å²) in [5.74, 6) is 0.775. The first kappa shape index (κ1) is 12.7. The first-order chi connectivity index (χ1) is 8.65. The molecule has 5 nitrogen and oxygen atoms in total. The molecule has 1 aliphatic heterocycles. The molecule has 0 aromatic heterocycles. The van der Waals surface area contributed by atoms with Crippen LogP contribution in [0.15, 0.2) is 24.3 Å². The maximum Gasteiger partial charge on any atom is 0.407 e. The lowest BCUT2D eigenvalue weighted by atomic mass is 10.2. The summed E-state index contributed by atoms with van der Waals surface area (Å²) in [5, 5.41) is 8.90. The van der Waals surface area contributed by atoms with Crippen LogP contribution in [-0.4, -0.2) is 48.5 Å². The third kappa shape index (κ3) is 3.37. The van der Waals surface area contributed by atoms with Crippen LogP contribution < -0.4 is 4.74 Å². The van der Waals surface area contributed by atoms with Crippen LogP contribution in [0.2, 0.25) is 0 Å². The molecule has 1 N–H and O–H groups in total. The van der Waals surface area contributed by atoms with E-state index < -0.39 is 6.09 Å². The summed E-state index contributed by atoms with van der Waals surface area (Å²) in [6.45, 7) is 3.59. The van der Waals surface area contributed by atoms with Crippen molar-refractivity contribution in [1.82, 2.24) is 4.90 Å². The van der Waals surface area contributed by atoms with Crippen LogP contribution in [0.3, 0.4) is 0 Å². The second-order valence-corrected chi connectivity index (χ2v) is 4.35. The Morgan fingerprint density at radius 2 is 2.22 bits per heavy atom. The van der Waals surface area contributed by atoms with Crippen molar-refractivity contribution in [2.24, 2.45) is 0 Å². The fraction of sp³-hybridized carbons (Fsp3) is 0.462. The van der Waals surface area contributed by atoms with Crippen LogP contribution in [0.4, 0.5) is 4.79 Å². The van der Waals surface area contributed by atoms with Crippen LogP contribution in [0.5, 0.6) is 5.75 Å². The van der Waals surface area contributed by atoms with E-state index in [1.165, 1.54) is 10.5 Å². The van der Waals surface area contributed by atoms with Crippen molar-refractivity contribution in [2.45, 2.75) is 13.0 Å². The van der Waals surface area contributed by atoms with E-state index in [4.69, 9.17) is 14.6 Å². The van der Waals surface area contributed by atoms with Crippen molar-refractivity contribution in [3.63, 3.8) is 0 Å². The average molecular weight is 251 g/mol. The molecule has 1 amide bonds. The van der Waals surface area contributed by atoms with Crippen LogP contribution in [0.25, 0.3) is 0 Å². The average Bonchev–Trinajstić information content (AvgIpc) is 2.38. The minimum Gasteiger partial charge on any atom is -0.491 e. The summed E-state index contributed by atoms with van der Waals surface area (Å²) in [7, 11) is 0. The number of hydrogen-bond acceptors (Lipinski definition) is 3. The Morgan fingerprint density at radius 3 is 2.89 bits per heavy atom. The van der Waals surface area contributed by atoms with Gasteiger partial charge in [0.1, 0.15) is 18.5 Å². The van der Waals surface area contributed by atoms with Crippen molar-refractivity contribution < 1.29 is 19.4 Å². The summed E-state index contributed by atoms with van der Waals surface area (Å²) in [5.41, 5.74) is 1.17. The van der Waals surface area contributed by atoms with E-state index >= 15 is 0 Å². The molecule has 98 valence electrons. The summed E-state index contributed by atoms with van der Waals surface area (Å²) in [4.78, 5) is 12.2. The summed E-state index contributed by atoms with van der Waals surface area (Å²) >= 11 is 0. The highest BCUT2D eigenvalue weighted by Crippen LogP contribution is 2.13. The number of nitrogens with zero attached hydrogens (tertiary/aromatic N) is 1. The molecule has 1 saturated heterocycles. The zero-order valence-corrected chi connectivity index (χ0v) is 10.3. The zero-order chi connectivity index (χ0) is 13.0. The normalized spacial score (nSPS) is 19.6. The van der Waals surface area contributed by atoms with Gasteiger partial charge in [0.05, 0.1) is 13.2 Å². The van der Waals surface area contributed by atoms with Gasteiger partial charge < -0.3 is 19.5 Å². The Morgan fingerprint density at radius 1 is 1.50 bits per heavy atom. The summed E-state index contributed by atoms with van der Waals surface area (Å²) in [6, 6.07) is 7.74. The van der Waals surface area contributed by atoms with Gasteiger partial charge in [0.2, 0.25) is 0 Å². The molecule has 5 heteroatoms. The molecule has 0 aliphatic carbocycles. The SMILES string of the molecule is Cc1ccc(OC[C@H]2CN(C(=O)O)CCO2)cc1. The van der Waals surface area contributed by atoms with E-state index in [9.17, 15) is 4.79 Å². The Bertz CT molecular complexity index is 404. The monoisotopic (exact) mass is 251 g/mol. The van der Waals surface area contributed by atoms with Gasteiger partial charge in [-0.05, 0) is 19.1 Å². The smallest absolute Gasteiger partial charge is 0.407 e. The number of carboxylic acid groups (broad SMARTS) is 1. The van der Waals surface area contributed by atoms with E-state index in [0.29, 0.717) is 26.3 Å². The Hall–Kier alpha value is -1.75. The van der Waals surface area contributed by atoms with Crippen LogP contribution in [0.1, 0.15) is 5.56 Å². The Kier molecular flexibility index (Phi) is 4.04. The van der Waals surface area contributed by atoms with Gasteiger partial charge in [-0.25, -0.2) is 4.79 Å². The van der Waals surface area contributed by atoms with Gasteiger partial charge in [-0.2, -0.15) is 0 Å². The lowest BCUT2D eigenvalue weighted by molar-refractivity contribution is -0.0412. The maximum atomic E-state index is 10.8. The molecule has 1 aliphatic rings. The topological polar surface area (TPSA) is 59.0 Å². The minimum atomic E-state index is -0.904. The lowest BCUT2D eigenvalue weighted by Crippen LogP contribution is -2.47. The Balaban J connectivity index is 1.82. The van der Waals surface area contributed by atoms with Gasteiger partial charge in [0.25, 0.3) is 0 Å². The van der Waals surface area contributed by atoms with Gasteiger partial charge in [0.15, 0.2) is 0 Å². The quantitative estimate of drug-likeness (QED) is 0.889. The highest BCUT2D eigenvalue weighted by molar-refractivity contribution is 5.65. The number of carbonyl (C=O) groups is 1. The number of benzene rings is 1. The lowest BCUT2D eigenvalue weighted by Gasteiger charge is -2.30. The second-order valence-electron chi connectivity index (χ2n) is 4.35. The minimum absolute atomic E-state index is 0.198. The summed E-state index contributed by atoms with van der Waals surface area (Å²) in [6.07, 6.45) is -1.10. The number of aryl methyl sites for hydroxylation is 1. The molecule has 0 spiro atoms. The van der Waals surface area contributed by atoms with E-state index in [1.54, 1.807) is 0 Å². The zero-order valence-electron chi connectivity index (χ0n) is 10.3. The maximum absolute atomic E-state index is 10.8. The van der Waals surface area contributed by atoms with Crippen molar-refractivity contribution in [1.29, 1.82) is 0 Å². The molecule has 0 unspecified atom stereocenters. The first-order valence-electron chi connectivity index (χ1n) is 5.94. The third-order valence-corrected chi connectivity index (χ3v) is 2.87. The number of rotatable bonds is 3. The van der Waals surface area contributed by atoms with Gasteiger partial charge in [-0.15, -0.1) is 0 Å². The van der Waals surface area contributed by atoms with Crippen molar-refractivity contribution in [2.75, 3.05) is 26.3 Å². The molecular weight excluding hydrogens is 234 g/mol. The molecule has 1 aromatic rings. The molecular formula is C13H17NO4. The van der Waals surface area contributed by atoms with Crippen LogP contribution >= 0.6 is 0 Å². The molecule has 2 rings (SSSR count). The fourth-order valence-electron chi connectivity index (χ4n) is 1.82. The van der Waals surface area contributed by atoms with Gasteiger partial charge in [0, 0.05) is 6.54 Å². The van der Waals surface area contributed by atoms with Crippen LogP contribution in [0, 0.1) is 6.92 Å². The van der Waals surface area contributed by atoms with E-state index in [-0.39, 0.29) is 6.10 Å². The molecule has 1 atom stereocenters. The van der Waals surface area contributed by atoms with Crippen molar-refractivity contribution in [3.8, 4) is 5.75 Å². The van der Waals surface area contributed by atoms with Crippen molar-refractivity contribution in [3.05, 3.63) is 29.8 Å². The molecule has 1 fully saturated rings. The van der Waals surface area contributed by atoms with E-state index in [0.717, 1.165) is 5.75 Å².